The standard InChI is InChI=1S/C29H30N4O5.C28H28N4O5.C24H22N4O3.C20H25N3O4.C7H4N2O2.CH3F.CH2O2/c1-29(2,3)38-28(35)33-27(37-6)32-26(20-10-13-23(36-5)14-11-20)21-9-7-8-19(16-21)17-25(34)24-15-12-22(30-4)18-31-24;1-28(2,3)37-27(35)32-26(36-5)31-25(19-9-12-22(33)13-10-19)20-8-6-7-18(15-20)16-24(34)23-14-11-21(29-4)17-30-23;1-26-19-9-12-21(27-15-19)22(29)14-16-5-4-6-18(13-16)23(28-24(25)31-3)17-7-10-20(30-2)11-8-17;1-20(2,3)27-19(25)23-18(26-4)22-17(13-8-10-16(24)11-9-13)14-6-5-7-15(21)12-14;1-8-5-2-3-6(7(10)11)9-4-5;1-2;2-1-3/h7-16,18,26H,17H2,1-3,5-6H3,(H,32,33,35);6-15,17,25,33H,16H2,1-3,5H3,(H,31,32,35);4-13,15,23H,14H2,2-3H3,(H2,25,28);5-12,17,24H,21H2,1-4H3,(H,22,23,25);2-4H,(H,10,11);1H3;1H,(H,2,3)/i5D3;;2D3;;;1D;. The molecule has 0 bridgehead atoms. The number of carboxylic acid groups (broad SMARTS) is 2. The number of ether oxygens (including phenoxy) is 9. The number of nitrogens with zero attached hydrogens (tertiary/aromatic N) is 12. The van der Waals surface area contributed by atoms with E-state index in [0.717, 1.165) is 44.5 Å². The van der Waals surface area contributed by atoms with Gasteiger partial charge in [0.1, 0.15) is 86.7 Å². The quantitative estimate of drug-likeness (QED) is 0.00516. The number of nitrogens with one attached hydrogen (secondary N) is 3. The summed E-state index contributed by atoms with van der Waals surface area (Å²) in [6.45, 7) is 43.1. The van der Waals surface area contributed by atoms with E-state index in [2.05, 4.69) is 75.2 Å². The Labute approximate surface area is 871 Å². The predicted molar refractivity (Wildman–Crippen MR) is 559 cm³/mol. The van der Waals surface area contributed by atoms with Crippen molar-refractivity contribution in [2.75, 3.05) is 55.4 Å². The minimum atomic E-state index is -2.61. The summed E-state index contributed by atoms with van der Waals surface area (Å²) in [5.74, 6) is -1.10. The van der Waals surface area contributed by atoms with E-state index in [9.17, 15) is 48.2 Å². The minimum absolute atomic E-state index is 0.00440. The third-order valence-electron chi connectivity index (χ3n) is 19.4. The van der Waals surface area contributed by atoms with Gasteiger partial charge in [-0.2, -0.15) is 0 Å². The maximum Gasteiger partial charge on any atom is 0.415 e. The number of carboxylic acids is 1. The van der Waals surface area contributed by atoms with Gasteiger partial charge in [-0.3, -0.25) is 43.5 Å². The van der Waals surface area contributed by atoms with E-state index >= 15 is 0 Å². The molecule has 4 heterocycles. The number of aromatic nitrogens is 4. The number of halogens is 1. The van der Waals surface area contributed by atoms with E-state index in [4.69, 9.17) is 105 Å². The van der Waals surface area contributed by atoms with E-state index in [1.807, 2.05) is 60.7 Å². The van der Waals surface area contributed by atoms with Crippen LogP contribution in [0.5, 0.6) is 23.0 Å². The van der Waals surface area contributed by atoms with Gasteiger partial charge < -0.3 is 74.5 Å². The maximum absolute atomic E-state index is 12.9. The number of methoxy groups -OCH3 is 6. The third-order valence-corrected chi connectivity index (χ3v) is 19.4. The van der Waals surface area contributed by atoms with E-state index in [0.29, 0.717) is 45.1 Å². The van der Waals surface area contributed by atoms with E-state index in [1.54, 1.807) is 184 Å². The van der Waals surface area contributed by atoms with Crippen LogP contribution >= 0.6 is 0 Å². The molecule has 0 aliphatic heterocycles. The normalized spacial score (nSPS) is 12.6. The SMILES string of the molecule is COC(=NC(c1ccc(O)cc1)c1cccc(N)c1)NC(=O)OC(C)(C)C.O=CO.[2H]C([2H])([2H])Oc1ccc(C(N=C(N)OC)c2cccc(CC(=O)c3ccc([N+]#[C-])cn3)c2)cc1.[2H]C([2H])([2H])Oc1ccc(C(N=C(NC(=O)OC(C)(C)C)OC)c2cccc(CC(=O)c3ccc([N+]#[C-])cn3)c2)cc1.[2H]CF.[C-]#[N+]c1ccc(C(=O)Cc2cccc(C(N=C(NC(=O)OC(C)(C)C)OC)c3ccc(O)cc3)c2)nc1.[C-]#[N+]c1ccc(C(=O)O)nc1. The zero-order valence-electron chi connectivity index (χ0n) is 90.2. The summed E-state index contributed by atoms with van der Waals surface area (Å²) >= 11 is 0. The number of Topliss-reactive ketones (excluding diaryl/α,β-unsaturated/α-hetero) is 3. The zero-order valence-corrected chi connectivity index (χ0v) is 83.2. The molecule has 38 nitrogen and oxygen atoms in total. The number of carbonyl (C=O) groups excluding carboxylic acids is 6. The number of carbonyl (C=O) groups is 8. The molecule has 0 aliphatic rings. The number of nitrogen functional groups attached to an aromatic ring is 1. The lowest BCUT2D eigenvalue weighted by Crippen LogP contribution is -2.37. The average molecular weight is 2040 g/mol. The Morgan fingerprint density at radius 3 is 0.899 bits per heavy atom. The Morgan fingerprint density at radius 1 is 0.403 bits per heavy atom. The molecule has 12 rings (SSSR count). The fraction of sp³-hybridized carbons (Fsp3) is 0.236. The Hall–Kier alpha value is -19.3. The number of amides is 3. The molecule has 4 atom stereocenters. The first-order valence-electron chi connectivity index (χ1n) is 48.1. The lowest BCUT2D eigenvalue weighted by atomic mass is 9.96. The van der Waals surface area contributed by atoms with Gasteiger partial charge in [-0.05, 0) is 208 Å². The first-order chi connectivity index (χ1) is 73.7. The second kappa shape index (κ2) is 59.6. The molecule has 12 aromatic rings. The molecule has 0 fully saturated rings. The molecular weight excluding hydrogens is 1910 g/mol. The number of aliphatic imine (C=N–C) groups is 4. The van der Waals surface area contributed by atoms with Gasteiger partial charge in [0.15, 0.2) is 17.3 Å². The number of nitrogens with two attached hydrogens (primary N) is 2. The summed E-state index contributed by atoms with van der Waals surface area (Å²) in [6.07, 6.45) is 3.44. The number of hydrogen-bond donors (Lipinski definition) is 9. The van der Waals surface area contributed by atoms with Gasteiger partial charge in [0.2, 0.25) is 22.7 Å². The highest BCUT2D eigenvalue weighted by Crippen LogP contribution is 2.35. The number of aromatic hydroxyl groups is 2. The summed E-state index contributed by atoms with van der Waals surface area (Å²) in [5, 5.41) is 42.1. The largest absolute Gasteiger partial charge is 0.508 e. The highest BCUT2D eigenvalue weighted by Gasteiger charge is 2.27. The number of amidine groups is 4. The second-order valence-electron chi connectivity index (χ2n) is 33.8. The molecule has 0 saturated carbocycles. The van der Waals surface area contributed by atoms with Crippen molar-refractivity contribution in [2.45, 2.75) is 123 Å². The molecule has 772 valence electrons. The average Bonchev–Trinajstić information content (AvgIpc) is 0.820. The highest BCUT2D eigenvalue weighted by molar-refractivity contribution is 5.98. The second-order valence-corrected chi connectivity index (χ2v) is 33.8. The van der Waals surface area contributed by atoms with Crippen molar-refractivity contribution >= 4 is 101 Å². The van der Waals surface area contributed by atoms with Crippen LogP contribution in [0.3, 0.4) is 0 Å². The van der Waals surface area contributed by atoms with E-state index in [1.165, 1.54) is 114 Å². The molecule has 0 radical (unpaired) electrons. The van der Waals surface area contributed by atoms with Gasteiger partial charge in [-0.15, -0.1) is 0 Å². The number of benzene rings is 8. The Balaban J connectivity index is 0.000000303. The van der Waals surface area contributed by atoms with Gasteiger partial charge >= 0.3 is 24.2 Å². The highest BCUT2D eigenvalue weighted by atomic mass is 19.1. The van der Waals surface area contributed by atoms with Crippen LogP contribution in [-0.2, 0) is 57.2 Å². The number of ketones is 3. The lowest BCUT2D eigenvalue weighted by molar-refractivity contribution is -0.122. The van der Waals surface area contributed by atoms with Crippen molar-refractivity contribution < 1.29 is 115 Å². The third kappa shape index (κ3) is 41.3. The molecule has 11 N–H and O–H groups in total. The smallest absolute Gasteiger partial charge is 0.415 e. The van der Waals surface area contributed by atoms with Crippen LogP contribution < -0.4 is 36.9 Å². The molecule has 8 aromatic carbocycles. The monoisotopic (exact) mass is 2030 g/mol. The Morgan fingerprint density at radius 2 is 0.664 bits per heavy atom. The molecule has 4 unspecified atom stereocenters. The molecule has 4 aromatic heterocycles. The maximum atomic E-state index is 12.9. The molecule has 149 heavy (non-hydrogen) atoms. The van der Waals surface area contributed by atoms with Gasteiger partial charge in [0.05, 0.1) is 85.6 Å². The molecule has 0 saturated heterocycles. The summed E-state index contributed by atoms with van der Waals surface area (Å²) in [7, 11) is -0.613. The van der Waals surface area contributed by atoms with Crippen molar-refractivity contribution in [2.24, 2.45) is 25.7 Å². The number of aromatic carboxylic acids is 1. The number of alkyl halides is 1. The first kappa shape index (κ1) is 107. The van der Waals surface area contributed by atoms with Gasteiger partial charge in [-0.25, -0.2) is 74.5 Å². The summed E-state index contributed by atoms with van der Waals surface area (Å²) in [5.41, 5.74) is 20.4. The summed E-state index contributed by atoms with van der Waals surface area (Å²) in [4.78, 5) is 141. The van der Waals surface area contributed by atoms with Crippen LogP contribution in [0.15, 0.2) is 287 Å². The topological polar surface area (TPSA) is 507 Å². The Bertz CT molecular complexity index is 7060. The van der Waals surface area contributed by atoms with Crippen LogP contribution in [-0.4, -0.2) is 179 Å². The number of alkyl carbamates (subject to hydrolysis) is 3. The van der Waals surface area contributed by atoms with E-state index in [-0.39, 0.29) is 113 Å². The van der Waals surface area contributed by atoms with Gasteiger partial charge in [0.25, 0.3) is 30.6 Å². The first-order valence-corrected chi connectivity index (χ1v) is 44.4. The number of hydrogen-bond acceptors (Lipinski definition) is 28. The molecule has 3 amide bonds. The molecule has 0 aliphatic carbocycles. The van der Waals surface area contributed by atoms with Crippen molar-refractivity contribution in [3.8, 4) is 23.0 Å². The predicted octanol–water partition coefficient (Wildman–Crippen LogP) is 20.4. The van der Waals surface area contributed by atoms with Crippen molar-refractivity contribution in [1.82, 2.24) is 35.9 Å². The molecule has 0 spiro atoms. The van der Waals surface area contributed by atoms with E-state index < -0.39 is 86.4 Å². The van der Waals surface area contributed by atoms with Crippen molar-refractivity contribution in [3.05, 3.63) is 397 Å². The van der Waals surface area contributed by atoms with Gasteiger partial charge in [-0.1, -0.05) is 158 Å². The number of phenolic OH excluding ortho intramolecular Hbond substituents is 2. The number of rotatable bonds is 24. The Kier molecular flexibility index (Phi) is 42.8. The summed E-state index contributed by atoms with van der Waals surface area (Å²) in [6, 6.07) is 64.3. The van der Waals surface area contributed by atoms with Crippen LogP contribution in [0.2, 0.25) is 0 Å². The fourth-order valence-corrected chi connectivity index (χ4v) is 12.8. The zero-order chi connectivity index (χ0) is 116. The van der Waals surface area contributed by atoms with Crippen molar-refractivity contribution in [3.63, 3.8) is 0 Å². The fourth-order valence-electron chi connectivity index (χ4n) is 12.8. The lowest BCUT2D eigenvalue weighted by Gasteiger charge is -2.21. The molecule has 39 heteroatoms. The van der Waals surface area contributed by atoms with Crippen LogP contribution in [0, 0.1) is 26.3 Å². The number of pyridine rings is 4. The minimum Gasteiger partial charge on any atom is -0.508 e. The summed E-state index contributed by atoms with van der Waals surface area (Å²) < 4.78 is 106. The van der Waals surface area contributed by atoms with Crippen LogP contribution in [0.25, 0.3) is 19.4 Å². The number of anilines is 1. The van der Waals surface area contributed by atoms with Gasteiger partial charge in [0, 0.05) is 49.7 Å². The molecular formula is C110H114FN17O21. The van der Waals surface area contributed by atoms with Crippen LogP contribution in [0.4, 0.5) is 47.2 Å². The van der Waals surface area contributed by atoms with Crippen molar-refractivity contribution in [1.29, 1.82) is 0 Å². The van der Waals surface area contributed by atoms with Crippen LogP contribution in [0.1, 0.15) is 199 Å². The number of phenols is 2.